The van der Waals surface area contributed by atoms with Crippen molar-refractivity contribution < 1.29 is 9.53 Å². The van der Waals surface area contributed by atoms with Crippen LogP contribution in [-0.4, -0.2) is 59.1 Å². The highest BCUT2D eigenvalue weighted by atomic mass is 16.5. The number of nitrogens with two attached hydrogens (primary N) is 1. The highest BCUT2D eigenvalue weighted by Gasteiger charge is 2.58. The number of aromatic nitrogens is 2. The van der Waals surface area contributed by atoms with Crippen molar-refractivity contribution in [2.75, 3.05) is 48.7 Å². The number of unbranched alkanes of at least 4 members (excludes halogenated alkanes) is 1. The molecule has 2 fully saturated rings. The number of hydrogen-bond donors (Lipinski definition) is 2. The predicted octanol–water partition coefficient (Wildman–Crippen LogP) is 3.68. The van der Waals surface area contributed by atoms with Gasteiger partial charge in [0.2, 0.25) is 0 Å². The monoisotopic (exact) mass is 452 g/mol. The Morgan fingerprint density at radius 3 is 2.64 bits per heavy atom. The van der Waals surface area contributed by atoms with E-state index in [1.165, 1.54) is 18.4 Å². The summed E-state index contributed by atoms with van der Waals surface area (Å²) in [5.74, 6) is 0.836. The summed E-state index contributed by atoms with van der Waals surface area (Å²) in [6.07, 6.45) is 12.3. The average Bonchev–Trinajstić information content (AvgIpc) is 3.44. The van der Waals surface area contributed by atoms with Gasteiger partial charge in [-0.2, -0.15) is 9.97 Å². The van der Waals surface area contributed by atoms with Crippen molar-refractivity contribution in [2.45, 2.75) is 57.9 Å². The van der Waals surface area contributed by atoms with Gasteiger partial charge in [0.15, 0.2) is 11.6 Å². The van der Waals surface area contributed by atoms with Gasteiger partial charge in [-0.15, -0.1) is 0 Å². The molecule has 33 heavy (non-hydrogen) atoms. The summed E-state index contributed by atoms with van der Waals surface area (Å²) in [6, 6.07) is 0.259. The summed E-state index contributed by atoms with van der Waals surface area (Å²) in [5, 5.41) is 2.95. The summed E-state index contributed by atoms with van der Waals surface area (Å²) in [4.78, 5) is 26.5. The average molecular weight is 453 g/mol. The zero-order valence-electron chi connectivity index (χ0n) is 19.9. The minimum absolute atomic E-state index is 0.0367. The van der Waals surface area contributed by atoms with Gasteiger partial charge in [-0.3, -0.25) is 9.69 Å². The van der Waals surface area contributed by atoms with Crippen molar-refractivity contribution in [3.8, 4) is 6.01 Å². The molecule has 2 aliphatic heterocycles. The maximum Gasteiger partial charge on any atom is 0.320 e. The summed E-state index contributed by atoms with van der Waals surface area (Å²) in [6.45, 7) is 12.4. The van der Waals surface area contributed by atoms with Crippen LogP contribution in [0.15, 0.2) is 36.0 Å². The lowest BCUT2D eigenvalue weighted by Crippen LogP contribution is -2.51. The summed E-state index contributed by atoms with van der Waals surface area (Å²) < 4.78 is 5.76. The Balaban J connectivity index is 1.62. The molecule has 3 aliphatic rings. The van der Waals surface area contributed by atoms with Crippen molar-refractivity contribution in [3.05, 3.63) is 36.0 Å². The maximum atomic E-state index is 13.0. The highest BCUT2D eigenvalue weighted by Crippen LogP contribution is 2.51. The van der Waals surface area contributed by atoms with Gasteiger partial charge in [-0.1, -0.05) is 38.2 Å². The number of nitrogens with one attached hydrogen (secondary N) is 1. The molecule has 1 aromatic heterocycles. The number of ether oxygens (including phenoxy) is 1. The van der Waals surface area contributed by atoms with E-state index in [4.69, 9.17) is 10.5 Å². The number of carbonyl (C=O) groups is 1. The molecule has 1 aliphatic carbocycles. The Labute approximate surface area is 196 Å². The van der Waals surface area contributed by atoms with E-state index in [9.17, 15) is 4.79 Å². The van der Waals surface area contributed by atoms with E-state index in [1.807, 2.05) is 13.0 Å². The Morgan fingerprint density at radius 1 is 1.24 bits per heavy atom. The van der Waals surface area contributed by atoms with Crippen LogP contribution < -0.4 is 20.7 Å². The van der Waals surface area contributed by atoms with Gasteiger partial charge in [0.25, 0.3) is 5.91 Å². The number of nitrogen functional groups attached to an aromatic ring is 1. The number of hydrogen-bond acceptors (Lipinski definition) is 7. The van der Waals surface area contributed by atoms with E-state index >= 15 is 0 Å². The number of anilines is 3. The number of likely N-dealkylation sites (tertiary alicyclic amines) is 1. The number of amides is 1. The topological polar surface area (TPSA) is 96.6 Å². The van der Waals surface area contributed by atoms with Crippen molar-refractivity contribution in [1.82, 2.24) is 14.9 Å². The zero-order chi connectivity index (χ0) is 23.4. The van der Waals surface area contributed by atoms with Crippen LogP contribution >= 0.6 is 0 Å². The molecule has 0 unspecified atom stereocenters. The van der Waals surface area contributed by atoms with E-state index in [1.54, 1.807) is 0 Å². The second-order valence-electron chi connectivity index (χ2n) is 9.13. The van der Waals surface area contributed by atoms with Crippen LogP contribution in [0.2, 0.25) is 0 Å². The Hall–Kier alpha value is -2.87. The second-order valence-corrected chi connectivity index (χ2v) is 9.13. The van der Waals surface area contributed by atoms with Gasteiger partial charge < -0.3 is 20.7 Å². The van der Waals surface area contributed by atoms with Crippen LogP contribution in [0.25, 0.3) is 0 Å². The lowest BCUT2D eigenvalue weighted by atomic mass is 10.1. The third kappa shape index (κ3) is 4.90. The Kier molecular flexibility index (Phi) is 7.02. The van der Waals surface area contributed by atoms with Crippen LogP contribution in [0.5, 0.6) is 6.01 Å². The maximum absolute atomic E-state index is 13.0. The fraction of sp³-hybridized carbons (Fsp3) is 0.560. The number of fused-ring (bicyclic) bond motifs is 1. The molecule has 8 nitrogen and oxygen atoms in total. The van der Waals surface area contributed by atoms with Crippen molar-refractivity contribution in [3.63, 3.8) is 0 Å². The number of rotatable bonds is 10. The number of carbonyl (C=O) groups excluding carboxylic acids is 1. The summed E-state index contributed by atoms with van der Waals surface area (Å²) >= 11 is 0. The van der Waals surface area contributed by atoms with Crippen molar-refractivity contribution >= 4 is 23.2 Å². The highest BCUT2D eigenvalue weighted by molar-refractivity contribution is 6.10. The lowest BCUT2D eigenvalue weighted by Gasteiger charge is -2.38. The first-order valence-corrected chi connectivity index (χ1v) is 12.1. The van der Waals surface area contributed by atoms with E-state index < -0.39 is 5.54 Å². The normalized spacial score (nSPS) is 20.1. The van der Waals surface area contributed by atoms with Crippen molar-refractivity contribution in [2.24, 2.45) is 0 Å². The van der Waals surface area contributed by atoms with Gasteiger partial charge in [-0.25, -0.2) is 0 Å². The molecule has 3 heterocycles. The van der Waals surface area contributed by atoms with Gasteiger partial charge in [0.05, 0.1) is 6.61 Å². The SMILES string of the molecule is C=CC(=CC(=CC)CN1c2nc(OCCCC)nc(N)c2NC(=O)C12CC2)CN1CCCC1. The van der Waals surface area contributed by atoms with E-state index in [-0.39, 0.29) is 17.7 Å². The van der Waals surface area contributed by atoms with E-state index in [0.717, 1.165) is 50.9 Å². The second kappa shape index (κ2) is 9.95. The molecule has 178 valence electrons. The standard InChI is InChI=1S/C25H36N6O2/c1-4-7-14-33-24-28-21(26)20-22(29-24)31(25(10-11-25)23(32)27-20)17-19(6-3)15-18(5-2)16-30-12-8-9-13-30/h5-6,15H,2,4,7-14,16-17H2,1,3H3,(H,27,32)(H2,26,28,29). The quantitative estimate of drug-likeness (QED) is 0.413. The molecule has 8 heteroatoms. The van der Waals surface area contributed by atoms with E-state index in [2.05, 4.69) is 50.7 Å². The van der Waals surface area contributed by atoms with Gasteiger partial charge in [0, 0.05) is 13.1 Å². The molecule has 1 aromatic rings. The first-order chi connectivity index (χ1) is 16.0. The smallest absolute Gasteiger partial charge is 0.320 e. The van der Waals surface area contributed by atoms with Crippen LogP contribution in [0.1, 0.15) is 52.4 Å². The van der Waals surface area contributed by atoms with Crippen LogP contribution in [0.3, 0.4) is 0 Å². The molecule has 1 spiro atoms. The fourth-order valence-corrected chi connectivity index (χ4v) is 4.54. The molecule has 3 N–H and O–H groups in total. The molecule has 1 saturated heterocycles. The minimum atomic E-state index is -0.583. The summed E-state index contributed by atoms with van der Waals surface area (Å²) in [7, 11) is 0. The molecule has 0 aromatic carbocycles. The van der Waals surface area contributed by atoms with Gasteiger partial charge in [0.1, 0.15) is 11.2 Å². The Morgan fingerprint density at radius 2 is 2.00 bits per heavy atom. The predicted molar refractivity (Wildman–Crippen MR) is 132 cm³/mol. The molecule has 0 atom stereocenters. The van der Waals surface area contributed by atoms with Gasteiger partial charge >= 0.3 is 6.01 Å². The zero-order valence-corrected chi connectivity index (χ0v) is 19.9. The Bertz CT molecular complexity index is 960. The first kappa shape index (κ1) is 23.3. The fourth-order valence-electron chi connectivity index (χ4n) is 4.54. The molecular formula is C25H36N6O2. The summed E-state index contributed by atoms with van der Waals surface area (Å²) in [5.41, 5.74) is 8.40. The third-order valence-electron chi connectivity index (χ3n) is 6.73. The van der Waals surface area contributed by atoms with E-state index in [0.29, 0.717) is 24.7 Å². The van der Waals surface area contributed by atoms with Crippen LogP contribution in [0, 0.1) is 0 Å². The lowest BCUT2D eigenvalue weighted by molar-refractivity contribution is -0.118. The molecule has 4 rings (SSSR count). The molecule has 1 saturated carbocycles. The third-order valence-corrected chi connectivity index (χ3v) is 6.73. The number of nitrogens with zero attached hydrogens (tertiary/aromatic N) is 4. The number of allylic oxidation sites excluding steroid dienone is 1. The minimum Gasteiger partial charge on any atom is -0.463 e. The molecule has 1 amide bonds. The van der Waals surface area contributed by atoms with Gasteiger partial charge in [-0.05, 0) is 63.3 Å². The van der Waals surface area contributed by atoms with Crippen LogP contribution in [0.4, 0.5) is 17.3 Å². The van der Waals surface area contributed by atoms with Crippen molar-refractivity contribution in [1.29, 1.82) is 0 Å². The molecule has 0 bridgehead atoms. The molecular weight excluding hydrogens is 416 g/mol. The largest absolute Gasteiger partial charge is 0.463 e. The first-order valence-electron chi connectivity index (χ1n) is 12.1. The molecule has 0 radical (unpaired) electrons. The van der Waals surface area contributed by atoms with Crippen LogP contribution in [-0.2, 0) is 4.79 Å².